The number of hydrazone groups is 1. The number of carbonyl (C=O) groups is 1. The maximum absolute atomic E-state index is 12.9. The lowest BCUT2D eigenvalue weighted by Crippen LogP contribution is -2.08. The molecule has 0 aliphatic rings. The number of nitrogens with one attached hydrogen (secondary N) is 1. The van der Waals surface area contributed by atoms with Crippen LogP contribution in [0.5, 0.6) is 5.75 Å². The number of methoxy groups -OCH3 is 1. The van der Waals surface area contributed by atoms with E-state index in [1.165, 1.54) is 30.8 Å². The van der Waals surface area contributed by atoms with Crippen molar-refractivity contribution in [2.45, 2.75) is 11.8 Å². The Hall–Kier alpha value is -2.34. The Labute approximate surface area is 132 Å². The first kappa shape index (κ1) is 16.0. The van der Waals surface area contributed by atoms with Crippen molar-refractivity contribution in [2.75, 3.05) is 12.5 Å². The van der Waals surface area contributed by atoms with Gasteiger partial charge in [-0.3, -0.25) is 10.2 Å². The third-order valence-electron chi connectivity index (χ3n) is 2.71. The largest absolute Gasteiger partial charge is 0.497 e. The van der Waals surface area contributed by atoms with Crippen molar-refractivity contribution in [3.63, 3.8) is 0 Å². The second-order valence-corrected chi connectivity index (χ2v) is 5.43. The second-order valence-electron chi connectivity index (χ2n) is 4.37. The maximum Gasteiger partial charge on any atom is 0.186 e. The lowest BCUT2D eigenvalue weighted by molar-refractivity contribution is -0.110. The molecule has 6 heteroatoms. The first-order valence-corrected chi connectivity index (χ1v) is 7.32. The van der Waals surface area contributed by atoms with E-state index < -0.39 is 0 Å². The van der Waals surface area contributed by atoms with Crippen molar-refractivity contribution in [2.24, 2.45) is 5.10 Å². The van der Waals surface area contributed by atoms with Crippen molar-refractivity contribution >= 4 is 28.3 Å². The van der Waals surface area contributed by atoms with E-state index in [4.69, 9.17) is 4.74 Å². The Kier molecular flexibility index (Phi) is 5.55. The fraction of sp³-hybridized carbons (Fsp3) is 0.125. The van der Waals surface area contributed by atoms with Gasteiger partial charge in [0.1, 0.15) is 11.6 Å². The van der Waals surface area contributed by atoms with Crippen LogP contribution in [0, 0.1) is 5.82 Å². The minimum Gasteiger partial charge on any atom is -0.497 e. The summed E-state index contributed by atoms with van der Waals surface area (Å²) >= 11 is 1.18. The Bertz CT molecular complexity index is 670. The number of benzene rings is 2. The van der Waals surface area contributed by atoms with E-state index in [1.807, 2.05) is 0 Å². The number of carbonyl (C=O) groups excluding carboxylic acids is 1. The van der Waals surface area contributed by atoms with Crippen LogP contribution in [-0.4, -0.2) is 17.9 Å². The molecule has 1 N–H and O–H groups in total. The van der Waals surface area contributed by atoms with Crippen molar-refractivity contribution in [3.8, 4) is 5.75 Å². The molecule has 0 fully saturated rings. The van der Waals surface area contributed by atoms with Crippen LogP contribution in [0.3, 0.4) is 0 Å². The molecule has 0 aliphatic carbocycles. The van der Waals surface area contributed by atoms with Gasteiger partial charge in [0.25, 0.3) is 0 Å². The van der Waals surface area contributed by atoms with Gasteiger partial charge in [-0.2, -0.15) is 5.10 Å². The maximum atomic E-state index is 12.9. The van der Waals surface area contributed by atoms with Crippen LogP contribution >= 0.6 is 11.8 Å². The number of hydrogen-bond acceptors (Lipinski definition) is 5. The van der Waals surface area contributed by atoms with E-state index in [0.29, 0.717) is 5.04 Å². The fourth-order valence-corrected chi connectivity index (χ4v) is 2.30. The molecule has 0 saturated heterocycles. The second kappa shape index (κ2) is 7.61. The number of ether oxygens (including phenoxy) is 1. The van der Waals surface area contributed by atoms with Crippen molar-refractivity contribution < 1.29 is 13.9 Å². The smallest absolute Gasteiger partial charge is 0.186 e. The van der Waals surface area contributed by atoms with Crippen molar-refractivity contribution in [1.82, 2.24) is 0 Å². The molecule has 114 valence electrons. The highest BCUT2D eigenvalue weighted by Crippen LogP contribution is 2.21. The summed E-state index contributed by atoms with van der Waals surface area (Å²) in [5.74, 6) is 0.249. The molecule has 0 amide bonds. The highest BCUT2D eigenvalue weighted by Gasteiger charge is 2.09. The predicted molar refractivity (Wildman–Crippen MR) is 87.0 cm³/mol. The van der Waals surface area contributed by atoms with E-state index in [9.17, 15) is 9.18 Å². The Morgan fingerprint density at radius 3 is 2.32 bits per heavy atom. The first-order valence-electron chi connectivity index (χ1n) is 6.50. The minimum atomic E-state index is -0.318. The van der Waals surface area contributed by atoms with E-state index in [1.54, 1.807) is 43.5 Å². The van der Waals surface area contributed by atoms with Gasteiger partial charge >= 0.3 is 0 Å². The van der Waals surface area contributed by atoms with Crippen LogP contribution in [-0.2, 0) is 4.79 Å². The molecule has 2 aromatic rings. The summed E-state index contributed by atoms with van der Waals surface area (Å²) in [6.07, 6.45) is 0. The predicted octanol–water partition coefficient (Wildman–Crippen LogP) is 3.94. The molecular formula is C16H15FN2O2S. The number of Topliss-reactive ketones (excluding diaryl/α,β-unsaturated/α-hetero) is 1. The molecule has 0 radical (unpaired) electrons. The van der Waals surface area contributed by atoms with Gasteiger partial charge in [0.15, 0.2) is 10.8 Å². The Morgan fingerprint density at radius 1 is 1.14 bits per heavy atom. The zero-order valence-electron chi connectivity index (χ0n) is 12.2. The van der Waals surface area contributed by atoms with Gasteiger partial charge in [-0.1, -0.05) is 11.8 Å². The fourth-order valence-electron chi connectivity index (χ4n) is 1.57. The average molecular weight is 318 g/mol. The number of thioether (sulfide) groups is 1. The number of halogens is 1. The van der Waals surface area contributed by atoms with Crippen LogP contribution in [0.4, 0.5) is 10.1 Å². The molecule has 0 heterocycles. The highest BCUT2D eigenvalue weighted by molar-refractivity contribution is 8.15. The zero-order chi connectivity index (χ0) is 15.9. The Balaban J connectivity index is 2.09. The van der Waals surface area contributed by atoms with E-state index in [-0.39, 0.29) is 11.6 Å². The van der Waals surface area contributed by atoms with Gasteiger partial charge < -0.3 is 4.74 Å². The third-order valence-corrected chi connectivity index (χ3v) is 3.79. The molecule has 0 aliphatic heterocycles. The van der Waals surface area contributed by atoms with Gasteiger partial charge in [0, 0.05) is 11.8 Å². The molecule has 0 saturated carbocycles. The molecule has 2 rings (SSSR count). The molecule has 0 spiro atoms. The first-order chi connectivity index (χ1) is 10.6. The summed E-state index contributed by atoms with van der Waals surface area (Å²) in [5.41, 5.74) is 3.56. The number of anilines is 1. The molecule has 0 atom stereocenters. The van der Waals surface area contributed by atoms with Gasteiger partial charge in [-0.25, -0.2) is 4.39 Å². The standard InChI is InChI=1S/C16H15FN2O2S/c1-11(20)16(22-15-9-3-12(17)4-10-15)19-18-13-5-7-14(21-2)8-6-13/h3-10,18H,1-2H3. The summed E-state index contributed by atoms with van der Waals surface area (Å²) < 4.78 is 18.0. The Morgan fingerprint density at radius 2 is 1.77 bits per heavy atom. The number of nitrogens with zero attached hydrogens (tertiary/aromatic N) is 1. The summed E-state index contributed by atoms with van der Waals surface area (Å²) in [6.45, 7) is 1.44. The van der Waals surface area contributed by atoms with Crippen LogP contribution < -0.4 is 10.2 Å². The van der Waals surface area contributed by atoms with Crippen molar-refractivity contribution in [3.05, 3.63) is 54.3 Å². The minimum absolute atomic E-state index is 0.171. The topological polar surface area (TPSA) is 50.7 Å². The summed E-state index contributed by atoms with van der Waals surface area (Å²) in [4.78, 5) is 12.4. The van der Waals surface area contributed by atoms with Crippen LogP contribution in [0.2, 0.25) is 0 Å². The average Bonchev–Trinajstić information content (AvgIpc) is 2.53. The lowest BCUT2D eigenvalue weighted by Gasteiger charge is -2.06. The lowest BCUT2D eigenvalue weighted by atomic mass is 10.3. The number of hydrogen-bond donors (Lipinski definition) is 1. The van der Waals surface area contributed by atoms with E-state index in [0.717, 1.165) is 16.3 Å². The summed E-state index contributed by atoms with van der Waals surface area (Å²) in [5, 5.41) is 4.41. The van der Waals surface area contributed by atoms with Gasteiger partial charge in [0.05, 0.1) is 12.8 Å². The normalized spacial score (nSPS) is 11.1. The molecule has 0 aromatic heterocycles. The molecule has 22 heavy (non-hydrogen) atoms. The van der Waals surface area contributed by atoms with Gasteiger partial charge in [-0.05, 0) is 48.5 Å². The zero-order valence-corrected chi connectivity index (χ0v) is 13.0. The molecular weight excluding hydrogens is 303 g/mol. The quantitative estimate of drug-likeness (QED) is 0.393. The number of rotatable bonds is 5. The van der Waals surface area contributed by atoms with Crippen molar-refractivity contribution in [1.29, 1.82) is 0 Å². The van der Waals surface area contributed by atoms with Crippen LogP contribution in [0.25, 0.3) is 0 Å². The third kappa shape index (κ3) is 4.60. The molecule has 0 bridgehead atoms. The molecule has 2 aromatic carbocycles. The van der Waals surface area contributed by atoms with Crippen LogP contribution in [0.15, 0.2) is 58.5 Å². The number of ketones is 1. The molecule has 4 nitrogen and oxygen atoms in total. The summed E-state index contributed by atoms with van der Waals surface area (Å²) in [7, 11) is 1.59. The SMILES string of the molecule is COc1ccc(NN=C(Sc2ccc(F)cc2)C(C)=O)cc1. The van der Waals surface area contributed by atoms with Gasteiger partial charge in [0.2, 0.25) is 0 Å². The summed E-state index contributed by atoms with van der Waals surface area (Å²) in [6, 6.07) is 13.1. The van der Waals surface area contributed by atoms with Crippen LogP contribution in [0.1, 0.15) is 6.92 Å². The van der Waals surface area contributed by atoms with E-state index in [2.05, 4.69) is 10.5 Å². The van der Waals surface area contributed by atoms with E-state index >= 15 is 0 Å². The molecule has 0 unspecified atom stereocenters. The van der Waals surface area contributed by atoms with Gasteiger partial charge in [-0.15, -0.1) is 0 Å². The monoisotopic (exact) mass is 318 g/mol. The highest BCUT2D eigenvalue weighted by atomic mass is 32.2.